The number of carboxylic acid groups (broad SMARTS) is 1. The van der Waals surface area contributed by atoms with E-state index in [2.05, 4.69) is 0 Å². The van der Waals surface area contributed by atoms with Gasteiger partial charge in [-0.3, -0.25) is 0 Å². The number of ether oxygens (including phenoxy) is 1. The van der Waals surface area contributed by atoms with Gasteiger partial charge in [0.25, 0.3) is 0 Å². The smallest absolute Gasteiger partial charge is 0.339 e. The average molecular weight is 257 g/mol. The molecule has 0 saturated carbocycles. The number of aromatic carboxylic acids is 1. The Balaban J connectivity index is 2.45. The lowest BCUT2D eigenvalue weighted by Crippen LogP contribution is -2.01. The lowest BCUT2D eigenvalue weighted by atomic mass is 10.1. The Morgan fingerprint density at radius 2 is 1.84 bits per heavy atom. The quantitative estimate of drug-likeness (QED) is 0.827. The van der Waals surface area contributed by atoms with Crippen molar-refractivity contribution in [2.75, 3.05) is 5.73 Å². The number of anilines is 1. The Morgan fingerprint density at radius 3 is 2.53 bits per heavy atom. The summed E-state index contributed by atoms with van der Waals surface area (Å²) < 4.78 is 5.70. The molecule has 98 valence electrons. The van der Waals surface area contributed by atoms with Gasteiger partial charge in [0.2, 0.25) is 0 Å². The maximum absolute atomic E-state index is 11.2. The normalized spacial score (nSPS) is 10.2. The van der Waals surface area contributed by atoms with Crippen molar-refractivity contribution in [2.45, 2.75) is 13.8 Å². The molecule has 2 rings (SSSR count). The molecule has 4 nitrogen and oxygen atoms in total. The number of rotatable bonds is 3. The van der Waals surface area contributed by atoms with Crippen LogP contribution in [0.15, 0.2) is 36.4 Å². The summed E-state index contributed by atoms with van der Waals surface area (Å²) in [5.41, 5.74) is 8.21. The Bertz CT molecular complexity index is 635. The molecule has 2 aromatic carbocycles. The molecule has 0 aliphatic carbocycles. The summed E-state index contributed by atoms with van der Waals surface area (Å²) in [5, 5.41) is 9.14. The molecule has 0 fully saturated rings. The van der Waals surface area contributed by atoms with E-state index in [1.807, 2.05) is 32.0 Å². The van der Waals surface area contributed by atoms with Gasteiger partial charge in [-0.1, -0.05) is 12.1 Å². The second-order valence-corrected chi connectivity index (χ2v) is 4.43. The predicted octanol–water partition coefficient (Wildman–Crippen LogP) is 3.38. The topological polar surface area (TPSA) is 72.5 Å². The fourth-order valence-electron chi connectivity index (χ4n) is 1.74. The Morgan fingerprint density at radius 1 is 1.11 bits per heavy atom. The molecule has 19 heavy (non-hydrogen) atoms. The van der Waals surface area contributed by atoms with E-state index in [-0.39, 0.29) is 11.3 Å². The van der Waals surface area contributed by atoms with Gasteiger partial charge in [-0.15, -0.1) is 0 Å². The van der Waals surface area contributed by atoms with Gasteiger partial charge in [-0.25, -0.2) is 4.79 Å². The summed E-state index contributed by atoms with van der Waals surface area (Å²) >= 11 is 0. The van der Waals surface area contributed by atoms with Crippen LogP contribution in [-0.2, 0) is 0 Å². The van der Waals surface area contributed by atoms with Crippen LogP contribution in [0.1, 0.15) is 21.5 Å². The van der Waals surface area contributed by atoms with E-state index in [9.17, 15) is 4.79 Å². The minimum Gasteiger partial charge on any atom is -0.478 e. The molecule has 4 heteroatoms. The third-order valence-electron chi connectivity index (χ3n) is 2.80. The van der Waals surface area contributed by atoms with Crippen molar-refractivity contribution in [1.29, 1.82) is 0 Å². The molecule has 0 spiro atoms. The van der Waals surface area contributed by atoms with Crippen LogP contribution in [0.3, 0.4) is 0 Å². The van der Waals surface area contributed by atoms with Gasteiger partial charge >= 0.3 is 5.97 Å². The second-order valence-electron chi connectivity index (χ2n) is 4.43. The lowest BCUT2D eigenvalue weighted by molar-refractivity contribution is 0.0694. The van der Waals surface area contributed by atoms with Gasteiger partial charge in [-0.2, -0.15) is 0 Å². The van der Waals surface area contributed by atoms with E-state index >= 15 is 0 Å². The van der Waals surface area contributed by atoms with Crippen molar-refractivity contribution < 1.29 is 14.6 Å². The van der Waals surface area contributed by atoms with E-state index in [1.54, 1.807) is 6.07 Å². The number of aryl methyl sites for hydroxylation is 2. The Labute approximate surface area is 111 Å². The van der Waals surface area contributed by atoms with Crippen molar-refractivity contribution in [3.05, 3.63) is 53.1 Å². The summed E-state index contributed by atoms with van der Waals surface area (Å²) in [6.07, 6.45) is 0. The van der Waals surface area contributed by atoms with Gasteiger partial charge in [0.15, 0.2) is 0 Å². The van der Waals surface area contributed by atoms with Crippen molar-refractivity contribution in [3.63, 3.8) is 0 Å². The van der Waals surface area contributed by atoms with Crippen LogP contribution in [0.25, 0.3) is 0 Å². The molecule has 0 aliphatic rings. The molecular weight excluding hydrogens is 242 g/mol. The van der Waals surface area contributed by atoms with E-state index in [0.29, 0.717) is 11.4 Å². The Kier molecular flexibility index (Phi) is 3.42. The molecule has 3 N–H and O–H groups in total. The Hall–Kier alpha value is -2.49. The molecule has 0 bridgehead atoms. The minimum absolute atomic E-state index is 0.0927. The second kappa shape index (κ2) is 5.02. The van der Waals surface area contributed by atoms with Crippen LogP contribution in [0, 0.1) is 13.8 Å². The van der Waals surface area contributed by atoms with Gasteiger partial charge < -0.3 is 15.6 Å². The number of hydrogen-bond donors (Lipinski definition) is 2. The highest BCUT2D eigenvalue weighted by molar-refractivity contribution is 5.91. The fraction of sp³-hybridized carbons (Fsp3) is 0.133. The number of benzene rings is 2. The summed E-state index contributed by atoms with van der Waals surface area (Å²) in [6.45, 7) is 3.85. The molecule has 0 atom stereocenters. The molecule has 0 saturated heterocycles. The molecule has 0 heterocycles. The first-order valence-corrected chi connectivity index (χ1v) is 5.85. The van der Waals surface area contributed by atoms with Crippen molar-refractivity contribution in [2.24, 2.45) is 0 Å². The van der Waals surface area contributed by atoms with Crippen molar-refractivity contribution >= 4 is 11.7 Å². The number of carboxylic acids is 1. The highest BCUT2D eigenvalue weighted by atomic mass is 16.5. The van der Waals surface area contributed by atoms with Gasteiger partial charge in [0, 0.05) is 11.8 Å². The summed E-state index contributed by atoms with van der Waals surface area (Å²) in [5.74, 6) is -0.158. The third kappa shape index (κ3) is 2.85. The van der Waals surface area contributed by atoms with Crippen LogP contribution in [-0.4, -0.2) is 11.1 Å². The van der Waals surface area contributed by atoms with Crippen LogP contribution < -0.4 is 10.5 Å². The van der Waals surface area contributed by atoms with E-state index < -0.39 is 5.97 Å². The molecule has 0 radical (unpaired) electrons. The largest absolute Gasteiger partial charge is 0.478 e. The van der Waals surface area contributed by atoms with Crippen LogP contribution >= 0.6 is 0 Å². The number of carbonyl (C=O) groups is 1. The molecule has 0 unspecified atom stereocenters. The van der Waals surface area contributed by atoms with Crippen LogP contribution in [0.4, 0.5) is 5.69 Å². The number of hydrogen-bond acceptors (Lipinski definition) is 3. The summed E-state index contributed by atoms with van der Waals surface area (Å²) in [4.78, 5) is 11.2. The van der Waals surface area contributed by atoms with E-state index in [1.165, 1.54) is 12.1 Å². The minimum atomic E-state index is -1.04. The van der Waals surface area contributed by atoms with Gasteiger partial charge in [0.05, 0.1) is 0 Å². The predicted molar refractivity (Wildman–Crippen MR) is 73.8 cm³/mol. The first-order valence-electron chi connectivity index (χ1n) is 5.85. The first-order chi connectivity index (χ1) is 8.97. The molecule has 0 aliphatic heterocycles. The zero-order valence-electron chi connectivity index (χ0n) is 10.8. The monoisotopic (exact) mass is 257 g/mol. The van der Waals surface area contributed by atoms with Crippen LogP contribution in [0.5, 0.6) is 11.5 Å². The zero-order valence-corrected chi connectivity index (χ0v) is 10.8. The first kappa shape index (κ1) is 13.0. The average Bonchev–Trinajstić information content (AvgIpc) is 2.33. The number of nitrogens with two attached hydrogens (primary N) is 1. The highest BCUT2D eigenvalue weighted by Gasteiger charge is 2.13. The maximum atomic E-state index is 11.2. The fourth-order valence-corrected chi connectivity index (χ4v) is 1.74. The van der Waals surface area contributed by atoms with E-state index in [4.69, 9.17) is 15.6 Å². The molecular formula is C15H15NO3. The van der Waals surface area contributed by atoms with Gasteiger partial charge in [0.1, 0.15) is 17.1 Å². The van der Waals surface area contributed by atoms with Crippen LogP contribution in [0.2, 0.25) is 0 Å². The maximum Gasteiger partial charge on any atom is 0.339 e. The molecule has 0 aromatic heterocycles. The standard InChI is InChI=1S/C15H15NO3/c1-9-3-4-10(2)13(7-9)19-14-8-11(16)5-6-12(14)15(17)18/h3-8H,16H2,1-2H3,(H,17,18). The summed E-state index contributed by atoms with van der Waals surface area (Å²) in [7, 11) is 0. The van der Waals surface area contributed by atoms with Crippen molar-refractivity contribution in [1.82, 2.24) is 0 Å². The summed E-state index contributed by atoms with van der Waals surface area (Å²) in [6, 6.07) is 10.3. The SMILES string of the molecule is Cc1ccc(C)c(Oc2cc(N)ccc2C(=O)O)c1. The lowest BCUT2D eigenvalue weighted by Gasteiger charge is -2.12. The zero-order chi connectivity index (χ0) is 14.0. The van der Waals surface area contributed by atoms with Crippen molar-refractivity contribution in [3.8, 4) is 11.5 Å². The molecule has 0 amide bonds. The van der Waals surface area contributed by atoms with E-state index in [0.717, 1.165) is 11.1 Å². The molecule has 2 aromatic rings. The number of nitrogen functional groups attached to an aromatic ring is 1. The highest BCUT2D eigenvalue weighted by Crippen LogP contribution is 2.30. The van der Waals surface area contributed by atoms with Gasteiger partial charge in [-0.05, 0) is 43.2 Å². The third-order valence-corrected chi connectivity index (χ3v) is 2.80.